The lowest BCUT2D eigenvalue weighted by molar-refractivity contribution is -0.135. The zero-order chi connectivity index (χ0) is 8.97. The number of terminal acetylenes is 1. The van der Waals surface area contributed by atoms with Crippen LogP contribution in [-0.4, -0.2) is 41.9 Å². The Labute approximate surface area is 71.1 Å². The second-order valence-corrected chi connectivity index (χ2v) is 2.60. The van der Waals surface area contributed by atoms with Crippen LogP contribution >= 0.6 is 0 Å². The van der Waals surface area contributed by atoms with Gasteiger partial charge in [0, 0.05) is 6.42 Å². The summed E-state index contributed by atoms with van der Waals surface area (Å²) in [5.74, 6) is 2.30. The van der Waals surface area contributed by atoms with Crippen molar-refractivity contribution in [2.24, 2.45) is 0 Å². The molecule has 68 valence electrons. The van der Waals surface area contributed by atoms with Crippen LogP contribution in [0.3, 0.4) is 0 Å². The van der Waals surface area contributed by atoms with Crippen molar-refractivity contribution in [1.82, 2.24) is 0 Å². The average molecular weight is 172 g/mol. The molecule has 0 saturated carbocycles. The smallest absolute Gasteiger partial charge is 0.162 e. The number of rotatable bonds is 3. The summed E-state index contributed by atoms with van der Waals surface area (Å²) in [7, 11) is 0. The Kier molecular flexibility index (Phi) is 3.50. The van der Waals surface area contributed by atoms with Crippen LogP contribution in [0, 0.1) is 12.3 Å². The Morgan fingerprint density at radius 2 is 2.42 bits per heavy atom. The molecule has 0 aliphatic carbocycles. The molecule has 4 heteroatoms. The van der Waals surface area contributed by atoms with Crippen molar-refractivity contribution in [3.63, 3.8) is 0 Å². The molecule has 0 spiro atoms. The molecule has 1 saturated heterocycles. The summed E-state index contributed by atoms with van der Waals surface area (Å²) in [4.78, 5) is 0. The predicted molar refractivity (Wildman–Crippen MR) is 41.2 cm³/mol. The maximum Gasteiger partial charge on any atom is 0.162 e. The molecule has 4 nitrogen and oxygen atoms in total. The normalized spacial score (nSPS) is 34.9. The van der Waals surface area contributed by atoms with Gasteiger partial charge in [-0.15, -0.1) is 6.42 Å². The molecule has 0 aromatic heterocycles. The largest absolute Gasteiger partial charge is 0.394 e. The molecular formula is C8H12O4. The summed E-state index contributed by atoms with van der Waals surface area (Å²) in [5, 5.41) is 17.9. The molecular weight excluding hydrogens is 160 g/mol. The fourth-order valence-electron chi connectivity index (χ4n) is 1.10. The van der Waals surface area contributed by atoms with E-state index in [1.54, 1.807) is 0 Å². The van der Waals surface area contributed by atoms with Crippen molar-refractivity contribution in [1.29, 1.82) is 0 Å². The van der Waals surface area contributed by atoms with Crippen LogP contribution in [0.4, 0.5) is 0 Å². The van der Waals surface area contributed by atoms with Crippen LogP contribution in [0.1, 0.15) is 6.42 Å². The molecule has 0 amide bonds. The molecule has 1 aliphatic heterocycles. The highest BCUT2D eigenvalue weighted by Gasteiger charge is 2.33. The third-order valence-electron chi connectivity index (χ3n) is 1.72. The van der Waals surface area contributed by atoms with E-state index in [-0.39, 0.29) is 13.2 Å². The van der Waals surface area contributed by atoms with Crippen molar-refractivity contribution in [2.45, 2.75) is 24.9 Å². The molecule has 1 fully saturated rings. The quantitative estimate of drug-likeness (QED) is 0.542. The fourth-order valence-corrected chi connectivity index (χ4v) is 1.10. The minimum atomic E-state index is -0.655. The minimum absolute atomic E-state index is 0.162. The van der Waals surface area contributed by atoms with E-state index in [9.17, 15) is 5.11 Å². The topological polar surface area (TPSA) is 58.9 Å². The Morgan fingerprint density at radius 1 is 1.67 bits per heavy atom. The fraction of sp³-hybridized carbons (Fsp3) is 0.750. The number of hydrogen-bond acceptors (Lipinski definition) is 4. The zero-order valence-corrected chi connectivity index (χ0v) is 6.64. The molecule has 2 N–H and O–H groups in total. The maximum atomic E-state index is 9.24. The van der Waals surface area contributed by atoms with Crippen molar-refractivity contribution in [3.05, 3.63) is 0 Å². The molecule has 1 heterocycles. The second-order valence-electron chi connectivity index (χ2n) is 2.60. The molecule has 0 bridgehead atoms. The minimum Gasteiger partial charge on any atom is -0.394 e. The molecule has 0 radical (unpaired) electrons. The summed E-state index contributed by atoms with van der Waals surface area (Å²) in [5.41, 5.74) is 0. The Morgan fingerprint density at radius 3 is 2.92 bits per heavy atom. The highest BCUT2D eigenvalue weighted by Crippen LogP contribution is 2.20. The van der Waals surface area contributed by atoms with Gasteiger partial charge in [-0.1, -0.05) is 5.92 Å². The van der Waals surface area contributed by atoms with Gasteiger partial charge < -0.3 is 19.7 Å². The van der Waals surface area contributed by atoms with E-state index in [2.05, 4.69) is 5.92 Å². The molecule has 1 aliphatic rings. The maximum absolute atomic E-state index is 9.24. The molecule has 1 rings (SSSR count). The number of hydrogen-bond donors (Lipinski definition) is 2. The van der Waals surface area contributed by atoms with E-state index in [1.807, 2.05) is 0 Å². The first-order valence-electron chi connectivity index (χ1n) is 3.77. The molecule has 0 aromatic carbocycles. The van der Waals surface area contributed by atoms with Crippen molar-refractivity contribution < 1.29 is 19.7 Å². The van der Waals surface area contributed by atoms with Gasteiger partial charge >= 0.3 is 0 Å². The van der Waals surface area contributed by atoms with Crippen LogP contribution in [0.15, 0.2) is 0 Å². The van der Waals surface area contributed by atoms with Gasteiger partial charge in [-0.2, -0.15) is 0 Å². The van der Waals surface area contributed by atoms with Crippen LogP contribution < -0.4 is 0 Å². The van der Waals surface area contributed by atoms with E-state index in [0.717, 1.165) is 0 Å². The standard InChI is InChI=1S/C8H12O4/c1-2-3-11-8-4-6(10)7(5-9)12-8/h1,6-10H,3-5H2/t6?,7-,8-/m1/s1. The van der Waals surface area contributed by atoms with Crippen LogP contribution in [-0.2, 0) is 9.47 Å². The lowest BCUT2D eigenvalue weighted by Gasteiger charge is -2.10. The van der Waals surface area contributed by atoms with E-state index in [1.165, 1.54) is 0 Å². The van der Waals surface area contributed by atoms with E-state index < -0.39 is 18.5 Å². The van der Waals surface area contributed by atoms with Crippen LogP contribution in [0.25, 0.3) is 0 Å². The lowest BCUT2D eigenvalue weighted by Crippen LogP contribution is -2.24. The van der Waals surface area contributed by atoms with Gasteiger partial charge in [0.1, 0.15) is 12.7 Å². The summed E-state index contributed by atoms with van der Waals surface area (Å²) in [6.07, 6.45) is 3.67. The first-order chi connectivity index (χ1) is 5.77. The Bertz CT molecular complexity index is 174. The number of aliphatic hydroxyl groups excluding tert-OH is 2. The monoisotopic (exact) mass is 172 g/mol. The Balaban J connectivity index is 2.29. The average Bonchev–Trinajstić information content (AvgIpc) is 2.43. The lowest BCUT2D eigenvalue weighted by atomic mass is 10.2. The first-order valence-corrected chi connectivity index (χ1v) is 3.77. The van der Waals surface area contributed by atoms with Gasteiger partial charge in [-0.05, 0) is 0 Å². The summed E-state index contributed by atoms with van der Waals surface area (Å²) < 4.78 is 10.1. The van der Waals surface area contributed by atoms with Crippen molar-refractivity contribution in [2.75, 3.05) is 13.2 Å². The van der Waals surface area contributed by atoms with E-state index in [4.69, 9.17) is 21.0 Å². The van der Waals surface area contributed by atoms with Gasteiger partial charge in [0.25, 0.3) is 0 Å². The highest BCUT2D eigenvalue weighted by atomic mass is 16.7. The van der Waals surface area contributed by atoms with Gasteiger partial charge in [-0.3, -0.25) is 0 Å². The zero-order valence-electron chi connectivity index (χ0n) is 6.64. The van der Waals surface area contributed by atoms with Gasteiger partial charge in [0.05, 0.1) is 12.7 Å². The molecule has 1 unspecified atom stereocenters. The number of ether oxygens (including phenoxy) is 2. The molecule has 0 aromatic rings. The summed E-state index contributed by atoms with van der Waals surface area (Å²) in [6, 6.07) is 0. The van der Waals surface area contributed by atoms with Gasteiger partial charge in [0.15, 0.2) is 6.29 Å². The number of aliphatic hydroxyl groups is 2. The van der Waals surface area contributed by atoms with Crippen LogP contribution in [0.5, 0.6) is 0 Å². The summed E-state index contributed by atoms with van der Waals surface area (Å²) in [6.45, 7) is -0.0351. The van der Waals surface area contributed by atoms with Crippen LogP contribution in [0.2, 0.25) is 0 Å². The van der Waals surface area contributed by atoms with Gasteiger partial charge in [-0.25, -0.2) is 0 Å². The van der Waals surface area contributed by atoms with Crippen molar-refractivity contribution >= 4 is 0 Å². The summed E-state index contributed by atoms with van der Waals surface area (Å²) >= 11 is 0. The van der Waals surface area contributed by atoms with Crippen molar-refractivity contribution in [3.8, 4) is 12.3 Å². The van der Waals surface area contributed by atoms with E-state index >= 15 is 0 Å². The highest BCUT2D eigenvalue weighted by molar-refractivity contribution is 4.84. The van der Waals surface area contributed by atoms with Gasteiger partial charge in [0.2, 0.25) is 0 Å². The first kappa shape index (κ1) is 9.49. The van der Waals surface area contributed by atoms with E-state index in [0.29, 0.717) is 6.42 Å². The predicted octanol–water partition coefficient (Wildman–Crippen LogP) is -0.896. The molecule has 3 atom stereocenters. The molecule has 12 heavy (non-hydrogen) atoms. The Hall–Kier alpha value is -0.600. The second kappa shape index (κ2) is 4.43. The third kappa shape index (κ3) is 2.19. The SMILES string of the molecule is C#CCO[C@H]1CC(O)[C@@H](CO)O1. The third-order valence-corrected chi connectivity index (χ3v) is 1.72.